The Balaban J connectivity index is 1.05. The van der Waals surface area contributed by atoms with Gasteiger partial charge in [0.05, 0.1) is 22.8 Å². The summed E-state index contributed by atoms with van der Waals surface area (Å²) in [6.07, 6.45) is 0. The van der Waals surface area contributed by atoms with Gasteiger partial charge in [-0.25, -0.2) is 15.0 Å². The molecule has 11 aromatic rings. The van der Waals surface area contributed by atoms with E-state index in [0.717, 1.165) is 95.1 Å². The number of hydrogen-bond acceptors (Lipinski definition) is 3. The van der Waals surface area contributed by atoms with Gasteiger partial charge in [-0.3, -0.25) is 0 Å². The van der Waals surface area contributed by atoms with Crippen molar-refractivity contribution in [2.75, 3.05) is 0 Å². The third kappa shape index (κ3) is 8.14. The van der Waals surface area contributed by atoms with Crippen molar-refractivity contribution in [1.82, 2.24) is 15.0 Å². The second-order valence-corrected chi connectivity index (χ2v) is 16.3. The lowest BCUT2D eigenvalue weighted by molar-refractivity contribution is 1.18. The Morgan fingerprint density at radius 2 is 0.485 bits per heavy atom. The van der Waals surface area contributed by atoms with Crippen LogP contribution in [0.4, 0.5) is 0 Å². The Hall–Kier alpha value is -8.79. The first kappa shape index (κ1) is 40.0. The van der Waals surface area contributed by atoms with E-state index in [9.17, 15) is 0 Å². The highest BCUT2D eigenvalue weighted by Crippen LogP contribution is 2.49. The smallest absolute Gasteiger partial charge is 0.160 e. The van der Waals surface area contributed by atoms with E-state index in [0.29, 0.717) is 5.82 Å². The zero-order valence-corrected chi connectivity index (χ0v) is 36.2. The van der Waals surface area contributed by atoms with Crippen molar-refractivity contribution in [1.29, 1.82) is 0 Å². The molecular formula is C63H43N3. The van der Waals surface area contributed by atoms with Crippen LogP contribution in [0.3, 0.4) is 0 Å². The number of nitrogens with zero attached hydrogens (tertiary/aromatic N) is 3. The summed E-state index contributed by atoms with van der Waals surface area (Å²) in [6, 6.07) is 91.7. The average molecular weight is 842 g/mol. The molecule has 0 unspecified atom stereocenters. The Morgan fingerprint density at radius 1 is 0.182 bits per heavy atom. The van der Waals surface area contributed by atoms with Crippen LogP contribution < -0.4 is 0 Å². The maximum Gasteiger partial charge on any atom is 0.160 e. The Morgan fingerprint density at radius 3 is 0.955 bits per heavy atom. The van der Waals surface area contributed by atoms with Gasteiger partial charge in [0, 0.05) is 44.5 Å². The van der Waals surface area contributed by atoms with E-state index in [2.05, 4.69) is 249 Å². The van der Waals surface area contributed by atoms with Gasteiger partial charge >= 0.3 is 0 Å². The Kier molecular flexibility index (Phi) is 11.0. The predicted octanol–water partition coefficient (Wildman–Crippen LogP) is 16.5. The summed E-state index contributed by atoms with van der Waals surface area (Å²) in [5, 5.41) is 0. The highest BCUT2D eigenvalue weighted by atomic mass is 14.9. The van der Waals surface area contributed by atoms with E-state index in [1.54, 1.807) is 0 Å². The fourth-order valence-electron chi connectivity index (χ4n) is 8.87. The molecule has 11 rings (SSSR count). The van der Waals surface area contributed by atoms with Crippen LogP contribution in [0.5, 0.6) is 0 Å². The summed E-state index contributed by atoms with van der Waals surface area (Å²) in [5.74, 6) is 0.677. The Labute approximate surface area is 386 Å². The van der Waals surface area contributed by atoms with Crippen molar-refractivity contribution in [3.05, 3.63) is 261 Å². The Bertz CT molecular complexity index is 3290. The van der Waals surface area contributed by atoms with Crippen LogP contribution >= 0.6 is 0 Å². The molecule has 0 atom stereocenters. The van der Waals surface area contributed by atoms with Crippen LogP contribution in [-0.4, -0.2) is 15.0 Å². The number of hydrogen-bond donors (Lipinski definition) is 0. The molecule has 66 heavy (non-hydrogen) atoms. The van der Waals surface area contributed by atoms with Gasteiger partial charge in [0.1, 0.15) is 0 Å². The minimum Gasteiger partial charge on any atom is -0.246 e. The molecule has 310 valence electrons. The van der Waals surface area contributed by atoms with Crippen molar-refractivity contribution in [3.63, 3.8) is 0 Å². The highest BCUT2D eigenvalue weighted by Gasteiger charge is 2.25. The highest BCUT2D eigenvalue weighted by molar-refractivity contribution is 6.05. The molecule has 0 fully saturated rings. The molecule has 0 amide bonds. The monoisotopic (exact) mass is 841 g/mol. The topological polar surface area (TPSA) is 38.7 Å². The third-order valence-electron chi connectivity index (χ3n) is 12.1. The molecule has 0 saturated heterocycles. The molecule has 0 aliphatic heterocycles. The summed E-state index contributed by atoms with van der Waals surface area (Å²) in [6.45, 7) is 0. The zero-order chi connectivity index (χ0) is 44.1. The molecular weight excluding hydrogens is 799 g/mol. The van der Waals surface area contributed by atoms with Crippen molar-refractivity contribution >= 4 is 0 Å². The lowest BCUT2D eigenvalue weighted by Gasteiger charge is -2.23. The predicted molar refractivity (Wildman–Crippen MR) is 274 cm³/mol. The minimum atomic E-state index is 0.677. The standard InChI is InChI=1S/C63H43N3/c1-7-20-44(21-8-1)45-34-38-48(39-35-45)57-43-56(47-22-9-2-10-23-47)64-63(65-57)55-33-19-32-54(42-55)46-36-40-51(41-37-46)58-59(49-24-11-3-12-25-49)61(52-28-15-5-16-29-52)66-62(53-30-17-6-18-31-53)60(58)50-26-13-4-14-27-50/h1-43H. The van der Waals surface area contributed by atoms with Crippen molar-refractivity contribution in [2.24, 2.45) is 0 Å². The van der Waals surface area contributed by atoms with Gasteiger partial charge in [-0.1, -0.05) is 249 Å². The van der Waals surface area contributed by atoms with E-state index >= 15 is 0 Å². The van der Waals surface area contributed by atoms with Gasteiger partial charge in [-0.05, 0) is 51.1 Å². The number of aromatic nitrogens is 3. The van der Waals surface area contributed by atoms with Crippen LogP contribution in [0.2, 0.25) is 0 Å². The number of rotatable bonds is 10. The molecule has 0 saturated carbocycles. The molecule has 9 aromatic carbocycles. The quantitative estimate of drug-likeness (QED) is 0.138. The molecule has 0 aliphatic carbocycles. The van der Waals surface area contributed by atoms with Crippen molar-refractivity contribution in [3.8, 4) is 112 Å². The number of benzene rings is 9. The van der Waals surface area contributed by atoms with Gasteiger partial charge in [-0.2, -0.15) is 0 Å². The molecule has 0 aliphatic rings. The van der Waals surface area contributed by atoms with Crippen LogP contribution in [0, 0.1) is 0 Å². The normalized spacial score (nSPS) is 11.0. The fraction of sp³-hybridized carbons (Fsp3) is 0. The van der Waals surface area contributed by atoms with E-state index < -0.39 is 0 Å². The van der Waals surface area contributed by atoms with E-state index in [4.69, 9.17) is 15.0 Å². The van der Waals surface area contributed by atoms with Crippen molar-refractivity contribution in [2.45, 2.75) is 0 Å². The van der Waals surface area contributed by atoms with E-state index in [1.165, 1.54) is 11.1 Å². The van der Waals surface area contributed by atoms with Gasteiger partial charge < -0.3 is 0 Å². The molecule has 0 bridgehead atoms. The maximum absolute atomic E-state index is 5.61. The lowest BCUT2D eigenvalue weighted by Crippen LogP contribution is -2.01. The summed E-state index contributed by atoms with van der Waals surface area (Å²) in [4.78, 5) is 16.0. The van der Waals surface area contributed by atoms with Gasteiger partial charge in [0.25, 0.3) is 0 Å². The molecule has 0 radical (unpaired) electrons. The average Bonchev–Trinajstić information content (AvgIpc) is 3.42. The largest absolute Gasteiger partial charge is 0.246 e. The summed E-state index contributed by atoms with van der Waals surface area (Å²) in [7, 11) is 0. The van der Waals surface area contributed by atoms with Crippen molar-refractivity contribution < 1.29 is 0 Å². The molecule has 3 heteroatoms. The van der Waals surface area contributed by atoms with Crippen LogP contribution in [0.1, 0.15) is 0 Å². The molecule has 0 spiro atoms. The van der Waals surface area contributed by atoms with Crippen LogP contribution in [0.15, 0.2) is 261 Å². The summed E-state index contributed by atoms with van der Waals surface area (Å²) in [5.41, 5.74) is 20.0. The van der Waals surface area contributed by atoms with E-state index in [1.807, 2.05) is 12.1 Å². The van der Waals surface area contributed by atoms with Crippen LogP contribution in [0.25, 0.3) is 112 Å². The van der Waals surface area contributed by atoms with Crippen LogP contribution in [-0.2, 0) is 0 Å². The van der Waals surface area contributed by atoms with Gasteiger partial charge in [-0.15, -0.1) is 0 Å². The number of pyridine rings is 1. The summed E-state index contributed by atoms with van der Waals surface area (Å²) >= 11 is 0. The van der Waals surface area contributed by atoms with E-state index in [-0.39, 0.29) is 0 Å². The van der Waals surface area contributed by atoms with Gasteiger partial charge in [0.2, 0.25) is 0 Å². The first-order valence-electron chi connectivity index (χ1n) is 22.3. The minimum absolute atomic E-state index is 0.677. The molecule has 2 aromatic heterocycles. The second-order valence-electron chi connectivity index (χ2n) is 16.3. The first-order valence-corrected chi connectivity index (χ1v) is 22.3. The maximum atomic E-state index is 5.61. The fourth-order valence-corrected chi connectivity index (χ4v) is 8.87. The zero-order valence-electron chi connectivity index (χ0n) is 36.2. The molecule has 2 heterocycles. The third-order valence-corrected chi connectivity index (χ3v) is 12.1. The summed E-state index contributed by atoms with van der Waals surface area (Å²) < 4.78 is 0. The SMILES string of the molecule is c1ccc(-c2ccc(-c3cc(-c4ccccc4)nc(-c4cccc(-c5ccc(-c6c(-c7ccccc7)c(-c7ccccc7)nc(-c7ccccc7)c6-c6ccccc6)cc5)c4)n3)cc2)cc1. The molecule has 3 nitrogen and oxygen atoms in total. The molecule has 0 N–H and O–H groups in total. The first-order chi connectivity index (χ1) is 32.7. The van der Waals surface area contributed by atoms with Gasteiger partial charge in [0.15, 0.2) is 5.82 Å². The second kappa shape index (κ2) is 18.1. The lowest BCUT2D eigenvalue weighted by atomic mass is 9.83.